The molecule has 1 N–H and O–H groups in total. The first-order chi connectivity index (χ1) is 5.77. The second-order valence-corrected chi connectivity index (χ2v) is 2.97. The van der Waals surface area contributed by atoms with Crippen molar-refractivity contribution in [3.05, 3.63) is 22.7 Å². The Labute approximate surface area is 78.9 Å². The van der Waals surface area contributed by atoms with Crippen LogP contribution in [-0.4, -0.2) is 13.5 Å². The number of carbonyl (C=O) groups excluding carboxylic acids is 1. The summed E-state index contributed by atoms with van der Waals surface area (Å²) in [4.78, 5) is 10.1. The molecule has 64 valence electrons. The molecule has 0 aliphatic heterocycles. The van der Waals surface area contributed by atoms with Crippen molar-refractivity contribution in [1.29, 1.82) is 0 Å². The van der Waals surface area contributed by atoms with Gasteiger partial charge in [-0.15, -0.1) is 0 Å². The fourth-order valence-corrected chi connectivity index (χ4v) is 1.36. The Morgan fingerprint density at radius 3 is 2.83 bits per heavy atom. The maximum Gasteiger partial charge on any atom is 0.211 e. The number of halogens is 1. The van der Waals surface area contributed by atoms with Gasteiger partial charge in [0.2, 0.25) is 6.41 Å². The zero-order valence-corrected chi connectivity index (χ0v) is 8.09. The molecule has 0 atom stereocenters. The highest BCUT2D eigenvalue weighted by Crippen LogP contribution is 2.27. The van der Waals surface area contributed by atoms with E-state index in [4.69, 9.17) is 4.74 Å². The van der Waals surface area contributed by atoms with Crippen LogP contribution in [-0.2, 0) is 4.79 Å². The van der Waals surface area contributed by atoms with E-state index in [1.165, 1.54) is 0 Å². The van der Waals surface area contributed by atoms with Gasteiger partial charge in [-0.05, 0) is 34.1 Å². The van der Waals surface area contributed by atoms with Gasteiger partial charge in [0.25, 0.3) is 0 Å². The third-order valence-corrected chi connectivity index (χ3v) is 2.00. The summed E-state index contributed by atoms with van der Waals surface area (Å²) in [6.45, 7) is 0. The van der Waals surface area contributed by atoms with Crippen LogP contribution in [0.2, 0.25) is 0 Å². The van der Waals surface area contributed by atoms with Crippen molar-refractivity contribution in [2.75, 3.05) is 12.4 Å². The summed E-state index contributed by atoms with van der Waals surface area (Å²) in [7, 11) is 1.59. The number of amides is 1. The van der Waals surface area contributed by atoms with Gasteiger partial charge >= 0.3 is 0 Å². The van der Waals surface area contributed by atoms with Crippen molar-refractivity contribution in [3.8, 4) is 5.75 Å². The van der Waals surface area contributed by atoms with E-state index < -0.39 is 0 Å². The Kier molecular flexibility index (Phi) is 3.10. The van der Waals surface area contributed by atoms with Crippen molar-refractivity contribution < 1.29 is 9.53 Å². The molecule has 0 aliphatic carbocycles. The molecule has 0 aromatic heterocycles. The summed E-state index contributed by atoms with van der Waals surface area (Å²) in [5.74, 6) is 0.742. The summed E-state index contributed by atoms with van der Waals surface area (Å²) in [6, 6.07) is 5.31. The van der Waals surface area contributed by atoms with E-state index in [0.29, 0.717) is 6.41 Å². The summed E-state index contributed by atoms with van der Waals surface area (Å²) in [5, 5.41) is 2.53. The van der Waals surface area contributed by atoms with Crippen molar-refractivity contribution in [3.63, 3.8) is 0 Å². The number of hydrogen-bond donors (Lipinski definition) is 1. The van der Waals surface area contributed by atoms with E-state index in [-0.39, 0.29) is 0 Å². The van der Waals surface area contributed by atoms with Crippen molar-refractivity contribution >= 4 is 28.0 Å². The number of hydrogen-bond acceptors (Lipinski definition) is 2. The fourth-order valence-electron chi connectivity index (χ4n) is 0.824. The number of rotatable bonds is 3. The summed E-state index contributed by atoms with van der Waals surface area (Å²) < 4.78 is 5.83. The minimum atomic E-state index is 0.633. The van der Waals surface area contributed by atoms with E-state index in [1.807, 2.05) is 0 Å². The van der Waals surface area contributed by atoms with Gasteiger partial charge in [0.15, 0.2) is 0 Å². The zero-order valence-electron chi connectivity index (χ0n) is 6.50. The van der Waals surface area contributed by atoms with E-state index in [2.05, 4.69) is 21.2 Å². The lowest BCUT2D eigenvalue weighted by atomic mass is 10.3. The van der Waals surface area contributed by atoms with Crippen LogP contribution in [0.3, 0.4) is 0 Å². The Hall–Kier alpha value is -1.03. The van der Waals surface area contributed by atoms with Crippen LogP contribution in [0, 0.1) is 0 Å². The Bertz CT molecular complexity index is 288. The molecule has 0 saturated carbocycles. The van der Waals surface area contributed by atoms with E-state index in [1.54, 1.807) is 25.3 Å². The van der Waals surface area contributed by atoms with Gasteiger partial charge in [-0.1, -0.05) is 0 Å². The molecule has 0 unspecified atom stereocenters. The average molecular weight is 230 g/mol. The smallest absolute Gasteiger partial charge is 0.211 e. The van der Waals surface area contributed by atoms with Crippen molar-refractivity contribution in [2.45, 2.75) is 0 Å². The summed E-state index contributed by atoms with van der Waals surface area (Å²) in [6.07, 6.45) is 0.633. The van der Waals surface area contributed by atoms with E-state index in [0.717, 1.165) is 15.9 Å². The largest absolute Gasteiger partial charge is 0.496 e. The molecule has 1 aromatic carbocycles. The Balaban J connectivity index is 2.93. The molecule has 12 heavy (non-hydrogen) atoms. The SMILES string of the molecule is COc1ccc(NC=O)cc1Br. The summed E-state index contributed by atoms with van der Waals surface area (Å²) in [5.41, 5.74) is 0.734. The number of methoxy groups -OCH3 is 1. The third-order valence-electron chi connectivity index (χ3n) is 1.38. The summed E-state index contributed by atoms with van der Waals surface area (Å²) >= 11 is 3.30. The highest BCUT2D eigenvalue weighted by Gasteiger charge is 1.99. The van der Waals surface area contributed by atoms with Crippen LogP contribution in [0.5, 0.6) is 5.75 Å². The van der Waals surface area contributed by atoms with Gasteiger partial charge in [-0.3, -0.25) is 4.79 Å². The number of anilines is 1. The predicted octanol–water partition coefficient (Wildman–Crippen LogP) is 2.03. The molecule has 1 aromatic rings. The highest BCUT2D eigenvalue weighted by atomic mass is 79.9. The lowest BCUT2D eigenvalue weighted by molar-refractivity contribution is -0.105. The minimum Gasteiger partial charge on any atom is -0.496 e. The number of ether oxygens (including phenoxy) is 1. The standard InChI is InChI=1S/C8H8BrNO2/c1-12-8-3-2-6(10-5-11)4-7(8)9/h2-5H,1H3,(H,10,11). The van der Waals surface area contributed by atoms with Crippen molar-refractivity contribution in [1.82, 2.24) is 0 Å². The first kappa shape index (κ1) is 9.06. The number of carbonyl (C=O) groups is 1. The topological polar surface area (TPSA) is 38.3 Å². The average Bonchev–Trinajstić information content (AvgIpc) is 2.05. The lowest BCUT2D eigenvalue weighted by Crippen LogP contribution is -1.93. The lowest BCUT2D eigenvalue weighted by Gasteiger charge is -2.04. The fraction of sp³-hybridized carbons (Fsp3) is 0.125. The van der Waals surface area contributed by atoms with Crippen LogP contribution in [0.15, 0.2) is 22.7 Å². The van der Waals surface area contributed by atoms with Gasteiger partial charge in [0.05, 0.1) is 11.6 Å². The molecule has 1 rings (SSSR count). The molecule has 3 nitrogen and oxygen atoms in total. The van der Waals surface area contributed by atoms with Gasteiger partial charge in [0.1, 0.15) is 5.75 Å². The van der Waals surface area contributed by atoms with Crippen LogP contribution in [0.1, 0.15) is 0 Å². The predicted molar refractivity (Wildman–Crippen MR) is 50.4 cm³/mol. The second kappa shape index (κ2) is 4.11. The Morgan fingerprint density at radius 2 is 2.33 bits per heavy atom. The normalized spacial score (nSPS) is 9.17. The van der Waals surface area contributed by atoms with E-state index in [9.17, 15) is 4.79 Å². The molecule has 0 heterocycles. The molecule has 0 aliphatic rings. The minimum absolute atomic E-state index is 0.633. The third kappa shape index (κ3) is 1.98. The maximum absolute atomic E-state index is 10.1. The van der Waals surface area contributed by atoms with E-state index >= 15 is 0 Å². The van der Waals surface area contributed by atoms with Gasteiger partial charge in [0, 0.05) is 5.69 Å². The molecule has 1 amide bonds. The van der Waals surface area contributed by atoms with Gasteiger partial charge < -0.3 is 10.1 Å². The molecule has 0 spiro atoms. The maximum atomic E-state index is 10.1. The number of benzene rings is 1. The monoisotopic (exact) mass is 229 g/mol. The quantitative estimate of drug-likeness (QED) is 0.806. The Morgan fingerprint density at radius 1 is 1.58 bits per heavy atom. The van der Waals surface area contributed by atoms with Crippen LogP contribution >= 0.6 is 15.9 Å². The number of nitrogens with one attached hydrogen (secondary N) is 1. The molecule has 0 bridgehead atoms. The van der Waals surface area contributed by atoms with Gasteiger partial charge in [-0.25, -0.2) is 0 Å². The van der Waals surface area contributed by atoms with Gasteiger partial charge in [-0.2, -0.15) is 0 Å². The molecule has 0 radical (unpaired) electrons. The van der Waals surface area contributed by atoms with Crippen molar-refractivity contribution in [2.24, 2.45) is 0 Å². The van der Waals surface area contributed by atoms with Crippen LogP contribution < -0.4 is 10.1 Å². The zero-order chi connectivity index (χ0) is 8.97. The van der Waals surface area contributed by atoms with Crippen LogP contribution in [0.25, 0.3) is 0 Å². The molecule has 0 fully saturated rings. The highest BCUT2D eigenvalue weighted by molar-refractivity contribution is 9.10. The molecular formula is C8H8BrNO2. The first-order valence-electron chi connectivity index (χ1n) is 3.31. The molecule has 4 heteroatoms. The second-order valence-electron chi connectivity index (χ2n) is 2.11. The van der Waals surface area contributed by atoms with Crippen LogP contribution in [0.4, 0.5) is 5.69 Å². The molecule has 0 saturated heterocycles. The molecular weight excluding hydrogens is 222 g/mol. The first-order valence-corrected chi connectivity index (χ1v) is 4.11.